The van der Waals surface area contributed by atoms with Crippen LogP contribution in [0.15, 0.2) is 158 Å². The summed E-state index contributed by atoms with van der Waals surface area (Å²) in [4.78, 5) is 0. The SMILES string of the molecule is N.N.c1ccc(-c2cccc(-c3cccc(-c4ccccc4)c3-c3ccccc3)c2-c2ccccc2)cc1. The van der Waals surface area contributed by atoms with Crippen LogP contribution in [0.5, 0.6) is 0 Å². The predicted octanol–water partition coefficient (Wildman–Crippen LogP) is 10.3. The molecule has 0 heterocycles. The topological polar surface area (TPSA) is 70.0 Å². The van der Waals surface area contributed by atoms with Crippen molar-refractivity contribution in [2.24, 2.45) is 0 Å². The van der Waals surface area contributed by atoms with Crippen molar-refractivity contribution < 1.29 is 0 Å². The van der Waals surface area contributed by atoms with Crippen LogP contribution in [0.2, 0.25) is 0 Å². The Morgan fingerprint density at radius 2 is 0.474 bits per heavy atom. The van der Waals surface area contributed by atoms with Crippen molar-refractivity contribution in [2.45, 2.75) is 0 Å². The zero-order chi connectivity index (χ0) is 24.2. The summed E-state index contributed by atoms with van der Waals surface area (Å²) in [5.74, 6) is 0. The fourth-order valence-corrected chi connectivity index (χ4v) is 5.10. The van der Waals surface area contributed by atoms with Crippen LogP contribution in [0.1, 0.15) is 0 Å². The molecular formula is C36H32N2. The molecule has 0 aliphatic carbocycles. The van der Waals surface area contributed by atoms with Crippen LogP contribution < -0.4 is 12.3 Å². The molecule has 0 radical (unpaired) electrons. The maximum absolute atomic E-state index is 2.27. The lowest BCUT2D eigenvalue weighted by molar-refractivity contribution is 1.54. The summed E-state index contributed by atoms with van der Waals surface area (Å²) in [6.07, 6.45) is 0. The van der Waals surface area contributed by atoms with Crippen molar-refractivity contribution in [2.75, 3.05) is 0 Å². The summed E-state index contributed by atoms with van der Waals surface area (Å²) < 4.78 is 0. The highest BCUT2D eigenvalue weighted by molar-refractivity contribution is 6.01. The van der Waals surface area contributed by atoms with Crippen LogP contribution >= 0.6 is 0 Å². The summed E-state index contributed by atoms with van der Waals surface area (Å²) in [5, 5.41) is 0. The van der Waals surface area contributed by atoms with Crippen molar-refractivity contribution in [1.29, 1.82) is 0 Å². The van der Waals surface area contributed by atoms with Gasteiger partial charge < -0.3 is 12.3 Å². The van der Waals surface area contributed by atoms with E-state index in [-0.39, 0.29) is 12.3 Å². The van der Waals surface area contributed by atoms with E-state index >= 15 is 0 Å². The van der Waals surface area contributed by atoms with Gasteiger partial charge in [0, 0.05) is 0 Å². The lowest BCUT2D eigenvalue weighted by Gasteiger charge is -2.21. The van der Waals surface area contributed by atoms with Gasteiger partial charge in [0.25, 0.3) is 0 Å². The monoisotopic (exact) mass is 492 g/mol. The second kappa shape index (κ2) is 12.0. The number of hydrogen-bond acceptors (Lipinski definition) is 2. The third kappa shape index (κ3) is 5.05. The molecule has 0 unspecified atom stereocenters. The Balaban J connectivity index is 0.00000168. The molecule has 0 aromatic heterocycles. The molecule has 2 nitrogen and oxygen atoms in total. The molecule has 6 rings (SSSR count). The maximum Gasteiger partial charge on any atom is -0.00266 e. The van der Waals surface area contributed by atoms with Gasteiger partial charge in [0.05, 0.1) is 0 Å². The second-order valence-electron chi connectivity index (χ2n) is 8.92. The summed E-state index contributed by atoms with van der Waals surface area (Å²) in [6, 6.07) is 56.3. The van der Waals surface area contributed by atoms with E-state index in [1.54, 1.807) is 0 Å². The van der Waals surface area contributed by atoms with Gasteiger partial charge in [0.1, 0.15) is 0 Å². The van der Waals surface area contributed by atoms with Gasteiger partial charge in [-0.1, -0.05) is 158 Å². The molecule has 0 aliphatic rings. The first kappa shape index (κ1) is 26.3. The molecule has 6 aromatic carbocycles. The van der Waals surface area contributed by atoms with Crippen LogP contribution in [0.25, 0.3) is 55.6 Å². The molecule has 0 bridgehead atoms. The molecule has 2 heteroatoms. The molecule has 0 saturated carbocycles. The zero-order valence-corrected chi connectivity index (χ0v) is 21.4. The number of hydrogen-bond donors (Lipinski definition) is 2. The maximum atomic E-state index is 2.27. The molecule has 0 atom stereocenters. The van der Waals surface area contributed by atoms with Gasteiger partial charge in [0.15, 0.2) is 0 Å². The molecule has 0 aliphatic heterocycles. The fraction of sp³-hybridized carbons (Fsp3) is 0. The molecule has 0 saturated heterocycles. The quantitative estimate of drug-likeness (QED) is 0.251. The van der Waals surface area contributed by atoms with E-state index in [0.29, 0.717) is 0 Å². The lowest BCUT2D eigenvalue weighted by Crippen LogP contribution is -1.94. The average molecular weight is 493 g/mol. The predicted molar refractivity (Wildman–Crippen MR) is 164 cm³/mol. The Labute approximate surface area is 225 Å². The van der Waals surface area contributed by atoms with E-state index in [9.17, 15) is 0 Å². The molecule has 6 aromatic rings. The van der Waals surface area contributed by atoms with Crippen LogP contribution in [0, 0.1) is 0 Å². The highest BCUT2D eigenvalue weighted by atomic mass is 14.2. The van der Waals surface area contributed by atoms with Crippen molar-refractivity contribution in [1.82, 2.24) is 12.3 Å². The smallest absolute Gasteiger partial charge is 0.00266 e. The van der Waals surface area contributed by atoms with Crippen molar-refractivity contribution in [3.63, 3.8) is 0 Å². The minimum atomic E-state index is 0. The minimum absolute atomic E-state index is 0. The Kier molecular flexibility index (Phi) is 8.30. The first-order chi connectivity index (χ1) is 17.9. The molecule has 0 spiro atoms. The summed E-state index contributed by atoms with van der Waals surface area (Å²) >= 11 is 0. The Hall–Kier alpha value is -4.76. The normalized spacial score (nSPS) is 10.2. The largest absolute Gasteiger partial charge is 0.344 e. The Bertz CT molecular complexity index is 1470. The second-order valence-corrected chi connectivity index (χ2v) is 8.92. The average Bonchev–Trinajstić information content (AvgIpc) is 2.98. The van der Waals surface area contributed by atoms with Gasteiger partial charge in [0.2, 0.25) is 0 Å². The molecule has 0 fully saturated rings. The first-order valence-corrected chi connectivity index (χ1v) is 12.4. The lowest BCUT2D eigenvalue weighted by atomic mass is 9.82. The third-order valence-corrected chi connectivity index (χ3v) is 6.71. The number of rotatable bonds is 5. The number of benzene rings is 6. The van der Waals surface area contributed by atoms with E-state index in [4.69, 9.17) is 0 Å². The van der Waals surface area contributed by atoms with Crippen LogP contribution in [-0.4, -0.2) is 0 Å². The van der Waals surface area contributed by atoms with Crippen LogP contribution in [-0.2, 0) is 0 Å². The van der Waals surface area contributed by atoms with E-state index in [0.717, 1.165) is 0 Å². The summed E-state index contributed by atoms with van der Waals surface area (Å²) in [6.45, 7) is 0. The van der Waals surface area contributed by atoms with Gasteiger partial charge in [-0.2, -0.15) is 0 Å². The highest BCUT2D eigenvalue weighted by Gasteiger charge is 2.19. The zero-order valence-electron chi connectivity index (χ0n) is 21.4. The van der Waals surface area contributed by atoms with Crippen molar-refractivity contribution >= 4 is 0 Å². The molecule has 6 N–H and O–H groups in total. The van der Waals surface area contributed by atoms with Gasteiger partial charge >= 0.3 is 0 Å². The van der Waals surface area contributed by atoms with Crippen molar-refractivity contribution in [3.8, 4) is 55.6 Å². The van der Waals surface area contributed by atoms with Gasteiger partial charge in [-0.05, 0) is 55.6 Å². The minimum Gasteiger partial charge on any atom is -0.344 e. The first-order valence-electron chi connectivity index (χ1n) is 12.4. The summed E-state index contributed by atoms with van der Waals surface area (Å²) in [7, 11) is 0. The standard InChI is InChI=1S/C36H26.2H3N/c1-5-15-27(16-6-1)31-23-13-25-33(35(31)29-19-9-3-10-20-29)34-26-14-24-32(28-17-7-2-8-18-28)36(34)30-21-11-4-12-22-30;;/h1-26H;2*1H3. The molecular weight excluding hydrogens is 460 g/mol. The van der Waals surface area contributed by atoms with Gasteiger partial charge in [-0.15, -0.1) is 0 Å². The molecule has 38 heavy (non-hydrogen) atoms. The van der Waals surface area contributed by atoms with Crippen LogP contribution in [0.3, 0.4) is 0 Å². The molecule has 186 valence electrons. The van der Waals surface area contributed by atoms with E-state index in [2.05, 4.69) is 158 Å². The highest BCUT2D eigenvalue weighted by Crippen LogP contribution is 2.45. The van der Waals surface area contributed by atoms with Crippen LogP contribution in [0.4, 0.5) is 0 Å². The third-order valence-electron chi connectivity index (χ3n) is 6.71. The Morgan fingerprint density at radius 3 is 0.789 bits per heavy atom. The fourth-order valence-electron chi connectivity index (χ4n) is 5.10. The van der Waals surface area contributed by atoms with E-state index in [1.165, 1.54) is 55.6 Å². The summed E-state index contributed by atoms with van der Waals surface area (Å²) in [5.41, 5.74) is 12.3. The van der Waals surface area contributed by atoms with E-state index < -0.39 is 0 Å². The van der Waals surface area contributed by atoms with Gasteiger partial charge in [-0.25, -0.2) is 0 Å². The van der Waals surface area contributed by atoms with Gasteiger partial charge in [-0.3, -0.25) is 0 Å². The Morgan fingerprint density at radius 1 is 0.211 bits per heavy atom. The van der Waals surface area contributed by atoms with Crippen molar-refractivity contribution in [3.05, 3.63) is 158 Å². The van der Waals surface area contributed by atoms with E-state index in [1.807, 2.05) is 0 Å². The molecule has 0 amide bonds.